The Kier molecular flexibility index (Phi) is 4.05. The number of rotatable bonds is 4. The first-order valence-corrected chi connectivity index (χ1v) is 6.45. The lowest BCUT2D eigenvalue weighted by atomic mass is 10.1. The highest BCUT2D eigenvalue weighted by atomic mass is 19.1. The van der Waals surface area contributed by atoms with Gasteiger partial charge >= 0.3 is 0 Å². The summed E-state index contributed by atoms with van der Waals surface area (Å²) in [5.41, 5.74) is 9.70. The van der Waals surface area contributed by atoms with Crippen LogP contribution in [0.2, 0.25) is 0 Å². The van der Waals surface area contributed by atoms with Crippen LogP contribution in [0.4, 0.5) is 15.8 Å². The summed E-state index contributed by atoms with van der Waals surface area (Å²) in [5.74, 6) is -0.246. The molecule has 100 valence electrons. The molecule has 2 aromatic carbocycles. The summed E-state index contributed by atoms with van der Waals surface area (Å²) in [6.45, 7) is 5.60. The van der Waals surface area contributed by atoms with Gasteiger partial charge in [0.25, 0.3) is 0 Å². The monoisotopic (exact) mass is 258 g/mol. The average molecular weight is 258 g/mol. The largest absolute Gasteiger partial charge is 0.398 e. The number of aryl methyl sites for hydroxylation is 1. The van der Waals surface area contributed by atoms with Gasteiger partial charge in [-0.05, 0) is 49.7 Å². The van der Waals surface area contributed by atoms with Gasteiger partial charge in [0.1, 0.15) is 5.82 Å². The third-order valence-corrected chi connectivity index (χ3v) is 3.25. The molecule has 0 fully saturated rings. The first-order chi connectivity index (χ1) is 9.10. The van der Waals surface area contributed by atoms with Crippen LogP contribution >= 0.6 is 0 Å². The molecule has 0 aliphatic rings. The number of nitrogen functional groups attached to an aromatic ring is 1. The molecule has 2 N–H and O–H groups in total. The Morgan fingerprint density at radius 1 is 1.11 bits per heavy atom. The number of halogens is 1. The van der Waals surface area contributed by atoms with E-state index in [1.54, 1.807) is 6.07 Å². The molecule has 0 radical (unpaired) electrons. The number of nitrogens with two attached hydrogens (primary N) is 1. The predicted molar refractivity (Wildman–Crippen MR) is 78.7 cm³/mol. The van der Waals surface area contributed by atoms with Crippen molar-refractivity contribution in [3.8, 4) is 0 Å². The topological polar surface area (TPSA) is 29.3 Å². The minimum atomic E-state index is -0.246. The molecular weight excluding hydrogens is 239 g/mol. The van der Waals surface area contributed by atoms with E-state index >= 15 is 0 Å². The van der Waals surface area contributed by atoms with Crippen LogP contribution < -0.4 is 10.6 Å². The standard InChI is InChI=1S/C16H19FN2/c1-3-19(15-7-4-12(2)5-8-15)11-13-10-14(17)6-9-16(13)18/h4-10H,3,11,18H2,1-2H3. The van der Waals surface area contributed by atoms with Gasteiger partial charge in [0.05, 0.1) is 0 Å². The maximum Gasteiger partial charge on any atom is 0.123 e. The molecule has 0 bridgehead atoms. The highest BCUT2D eigenvalue weighted by molar-refractivity contribution is 5.52. The number of nitrogens with zero attached hydrogens (tertiary/aromatic N) is 1. The summed E-state index contributed by atoms with van der Waals surface area (Å²) in [5, 5.41) is 0. The molecule has 2 aromatic rings. The van der Waals surface area contributed by atoms with Crippen LogP contribution in [0.1, 0.15) is 18.1 Å². The van der Waals surface area contributed by atoms with Crippen molar-refractivity contribution in [2.45, 2.75) is 20.4 Å². The molecule has 0 spiro atoms. The molecule has 0 atom stereocenters. The van der Waals surface area contributed by atoms with Gasteiger partial charge in [-0.15, -0.1) is 0 Å². The molecule has 0 unspecified atom stereocenters. The van der Waals surface area contributed by atoms with E-state index in [0.717, 1.165) is 17.8 Å². The summed E-state index contributed by atoms with van der Waals surface area (Å²) in [7, 11) is 0. The summed E-state index contributed by atoms with van der Waals surface area (Å²) < 4.78 is 13.3. The third-order valence-electron chi connectivity index (χ3n) is 3.25. The van der Waals surface area contributed by atoms with Crippen molar-refractivity contribution < 1.29 is 4.39 Å². The van der Waals surface area contributed by atoms with Gasteiger partial charge in [-0.25, -0.2) is 4.39 Å². The zero-order valence-electron chi connectivity index (χ0n) is 11.4. The summed E-state index contributed by atoms with van der Waals surface area (Å²) >= 11 is 0. The van der Waals surface area contributed by atoms with Gasteiger partial charge < -0.3 is 10.6 Å². The quantitative estimate of drug-likeness (QED) is 0.846. The fourth-order valence-electron chi connectivity index (χ4n) is 2.06. The molecule has 0 saturated carbocycles. The Morgan fingerprint density at radius 2 is 1.79 bits per heavy atom. The SMILES string of the molecule is CCN(Cc1cc(F)ccc1N)c1ccc(C)cc1. The Labute approximate surface area is 113 Å². The second-order valence-electron chi connectivity index (χ2n) is 4.69. The second-order valence-corrected chi connectivity index (χ2v) is 4.69. The highest BCUT2D eigenvalue weighted by Gasteiger charge is 2.08. The van der Waals surface area contributed by atoms with Crippen LogP contribution in [0.15, 0.2) is 42.5 Å². The zero-order chi connectivity index (χ0) is 13.8. The van der Waals surface area contributed by atoms with Crippen LogP contribution in [0.3, 0.4) is 0 Å². The van der Waals surface area contributed by atoms with Crippen molar-refractivity contribution >= 4 is 11.4 Å². The maximum atomic E-state index is 13.3. The van der Waals surface area contributed by atoms with E-state index in [4.69, 9.17) is 5.73 Å². The van der Waals surface area contributed by atoms with Crippen LogP contribution in [-0.4, -0.2) is 6.54 Å². The van der Waals surface area contributed by atoms with Gasteiger partial charge in [-0.3, -0.25) is 0 Å². The molecule has 19 heavy (non-hydrogen) atoms. The van der Waals surface area contributed by atoms with E-state index in [2.05, 4.69) is 43.0 Å². The zero-order valence-corrected chi connectivity index (χ0v) is 11.4. The summed E-state index contributed by atoms with van der Waals surface area (Å²) in [6.07, 6.45) is 0. The second kappa shape index (κ2) is 5.74. The summed E-state index contributed by atoms with van der Waals surface area (Å²) in [4.78, 5) is 2.17. The minimum Gasteiger partial charge on any atom is -0.398 e. The van der Waals surface area contributed by atoms with E-state index in [0.29, 0.717) is 12.2 Å². The van der Waals surface area contributed by atoms with Gasteiger partial charge in [0.2, 0.25) is 0 Å². The smallest absolute Gasteiger partial charge is 0.123 e. The van der Waals surface area contributed by atoms with Crippen molar-refractivity contribution in [2.75, 3.05) is 17.2 Å². The molecular formula is C16H19FN2. The third kappa shape index (κ3) is 3.25. The first kappa shape index (κ1) is 13.4. The normalized spacial score (nSPS) is 10.5. The molecule has 0 saturated heterocycles. The van der Waals surface area contributed by atoms with Crippen molar-refractivity contribution in [1.82, 2.24) is 0 Å². The van der Waals surface area contributed by atoms with Gasteiger partial charge in [0.15, 0.2) is 0 Å². The van der Waals surface area contributed by atoms with Crippen molar-refractivity contribution in [3.63, 3.8) is 0 Å². The lowest BCUT2D eigenvalue weighted by Crippen LogP contribution is -2.22. The fraction of sp³-hybridized carbons (Fsp3) is 0.250. The highest BCUT2D eigenvalue weighted by Crippen LogP contribution is 2.21. The van der Waals surface area contributed by atoms with Gasteiger partial charge in [-0.1, -0.05) is 17.7 Å². The fourth-order valence-corrected chi connectivity index (χ4v) is 2.06. The van der Waals surface area contributed by atoms with E-state index in [9.17, 15) is 4.39 Å². The van der Waals surface area contributed by atoms with E-state index < -0.39 is 0 Å². The van der Waals surface area contributed by atoms with Crippen LogP contribution in [-0.2, 0) is 6.54 Å². The maximum absolute atomic E-state index is 13.3. The number of hydrogen-bond acceptors (Lipinski definition) is 2. The van der Waals surface area contributed by atoms with E-state index in [-0.39, 0.29) is 5.82 Å². The molecule has 0 aliphatic carbocycles. The number of anilines is 2. The van der Waals surface area contributed by atoms with E-state index in [1.165, 1.54) is 17.7 Å². The minimum absolute atomic E-state index is 0.246. The van der Waals surface area contributed by atoms with Crippen LogP contribution in [0.25, 0.3) is 0 Å². The Bertz CT molecular complexity index is 549. The average Bonchev–Trinajstić information content (AvgIpc) is 2.41. The molecule has 0 aromatic heterocycles. The number of hydrogen-bond donors (Lipinski definition) is 1. The van der Waals surface area contributed by atoms with Crippen molar-refractivity contribution in [3.05, 3.63) is 59.4 Å². The molecule has 0 amide bonds. The lowest BCUT2D eigenvalue weighted by molar-refractivity contribution is 0.625. The van der Waals surface area contributed by atoms with Gasteiger partial charge in [-0.2, -0.15) is 0 Å². The van der Waals surface area contributed by atoms with Gasteiger partial charge in [0, 0.05) is 24.5 Å². The summed E-state index contributed by atoms with van der Waals surface area (Å²) in [6, 6.07) is 12.8. The van der Waals surface area contributed by atoms with E-state index in [1.807, 2.05) is 0 Å². The molecule has 2 rings (SSSR count). The van der Waals surface area contributed by atoms with Crippen molar-refractivity contribution in [1.29, 1.82) is 0 Å². The predicted octanol–water partition coefficient (Wildman–Crippen LogP) is 3.74. The molecule has 0 aliphatic heterocycles. The Balaban J connectivity index is 2.23. The van der Waals surface area contributed by atoms with Crippen molar-refractivity contribution in [2.24, 2.45) is 0 Å². The Morgan fingerprint density at radius 3 is 2.42 bits per heavy atom. The molecule has 0 heterocycles. The molecule has 2 nitrogen and oxygen atoms in total. The van der Waals surface area contributed by atoms with Crippen LogP contribution in [0.5, 0.6) is 0 Å². The first-order valence-electron chi connectivity index (χ1n) is 6.45. The lowest BCUT2D eigenvalue weighted by Gasteiger charge is -2.24. The molecule has 3 heteroatoms. The Hall–Kier alpha value is -2.03. The number of benzene rings is 2. The van der Waals surface area contributed by atoms with Crippen LogP contribution in [0, 0.1) is 12.7 Å².